The van der Waals surface area contributed by atoms with Gasteiger partial charge in [-0.3, -0.25) is 20.8 Å². The predicted molar refractivity (Wildman–Crippen MR) is 185 cm³/mol. The molecule has 2 heterocycles. The van der Waals surface area contributed by atoms with Crippen LogP contribution in [0.4, 0.5) is 21.2 Å². The van der Waals surface area contributed by atoms with E-state index in [9.17, 15) is 9.59 Å². The number of aromatic nitrogens is 4. The first-order valence-electron chi connectivity index (χ1n) is 14.3. The maximum absolute atomic E-state index is 12.1. The van der Waals surface area contributed by atoms with E-state index in [0.717, 1.165) is 38.7 Å². The van der Waals surface area contributed by atoms with Gasteiger partial charge in [0.2, 0.25) is 0 Å². The minimum Gasteiger partial charge on any atom is -0.465 e. The quantitative estimate of drug-likeness (QED) is 0.120. The van der Waals surface area contributed by atoms with Gasteiger partial charge in [-0.2, -0.15) is 10.2 Å². The number of halogens is 2. The molecule has 7 rings (SSSR count). The summed E-state index contributed by atoms with van der Waals surface area (Å²) in [5.74, 6) is 0.665. The SMILES string of the molecule is O=C(Nc1n[nH]c2cc(Cl)c(-c3ccccc3)cc12)OCc1ccccc1.O=C(O)Nc1n[nH]c2cc(Cl)c(-c3ccccc3)cc12. The molecule has 12 heteroatoms. The summed E-state index contributed by atoms with van der Waals surface area (Å²) in [5.41, 5.74) is 5.97. The molecular formula is C35H26Cl2N6O4. The highest BCUT2D eigenvalue weighted by Crippen LogP contribution is 2.35. The molecule has 0 aliphatic carbocycles. The molecule has 0 spiro atoms. The Morgan fingerprint density at radius 2 is 1.11 bits per heavy atom. The molecule has 0 atom stereocenters. The smallest absolute Gasteiger partial charge is 0.413 e. The number of carboxylic acid groups (broad SMARTS) is 1. The summed E-state index contributed by atoms with van der Waals surface area (Å²) >= 11 is 12.7. The van der Waals surface area contributed by atoms with Gasteiger partial charge in [0, 0.05) is 21.9 Å². The second-order valence-electron chi connectivity index (χ2n) is 10.2. The van der Waals surface area contributed by atoms with Crippen molar-refractivity contribution in [2.45, 2.75) is 6.61 Å². The fraction of sp³-hybridized carbons (Fsp3) is 0.0286. The Morgan fingerprint density at radius 1 is 0.660 bits per heavy atom. The monoisotopic (exact) mass is 664 g/mol. The van der Waals surface area contributed by atoms with Gasteiger partial charge in [0.25, 0.3) is 0 Å². The maximum Gasteiger partial charge on any atom is 0.413 e. The van der Waals surface area contributed by atoms with Crippen molar-refractivity contribution in [1.82, 2.24) is 20.4 Å². The van der Waals surface area contributed by atoms with E-state index in [0.29, 0.717) is 26.8 Å². The molecule has 0 fully saturated rings. The molecule has 0 radical (unpaired) electrons. The zero-order valence-electron chi connectivity index (χ0n) is 24.5. The fourth-order valence-corrected chi connectivity index (χ4v) is 5.45. The van der Waals surface area contributed by atoms with Crippen LogP contribution in [0.25, 0.3) is 44.1 Å². The van der Waals surface area contributed by atoms with E-state index in [1.165, 1.54) is 0 Å². The molecule has 10 nitrogen and oxygen atoms in total. The zero-order valence-corrected chi connectivity index (χ0v) is 26.0. The van der Waals surface area contributed by atoms with Gasteiger partial charge in [-0.25, -0.2) is 9.59 Å². The van der Waals surface area contributed by atoms with Gasteiger partial charge in [-0.1, -0.05) is 114 Å². The molecule has 7 aromatic rings. The van der Waals surface area contributed by atoms with Crippen molar-refractivity contribution in [3.8, 4) is 22.3 Å². The number of hydrogen-bond donors (Lipinski definition) is 5. The van der Waals surface area contributed by atoms with Gasteiger partial charge in [0.05, 0.1) is 21.1 Å². The molecule has 0 unspecified atom stereocenters. The molecule has 2 aromatic heterocycles. The molecule has 0 aliphatic rings. The first-order chi connectivity index (χ1) is 22.9. The fourth-order valence-electron chi connectivity index (χ4n) is 4.90. The maximum atomic E-state index is 12.1. The Labute approximate surface area is 278 Å². The Kier molecular flexibility index (Phi) is 9.33. The Balaban J connectivity index is 0.000000172. The summed E-state index contributed by atoms with van der Waals surface area (Å²) in [6.07, 6.45) is -1.72. The van der Waals surface area contributed by atoms with Crippen LogP contribution in [0.15, 0.2) is 115 Å². The van der Waals surface area contributed by atoms with Crippen molar-refractivity contribution in [2.75, 3.05) is 10.6 Å². The lowest BCUT2D eigenvalue weighted by Gasteiger charge is -2.07. The standard InChI is InChI=1S/C21H16ClN3O2.C14H10ClN3O2/c22-18-12-19-17(11-16(18)15-9-5-2-6-10-15)20(25-24-19)23-21(26)27-13-14-7-3-1-4-8-14;15-11-7-12-10(13(18-17-12)16-14(19)20)6-9(11)8-4-2-1-3-5-8/h1-12H,13H2,(H2,23,24,25,26);1-7H,(H,19,20)(H2,16,17,18). The Hall–Kier alpha value is -5.84. The van der Waals surface area contributed by atoms with Gasteiger partial charge < -0.3 is 9.84 Å². The highest BCUT2D eigenvalue weighted by Gasteiger charge is 2.15. The van der Waals surface area contributed by atoms with Crippen LogP contribution in [0.5, 0.6) is 0 Å². The number of H-pyrrole nitrogens is 2. The number of nitrogens with zero attached hydrogens (tertiary/aromatic N) is 2. The van der Waals surface area contributed by atoms with Crippen LogP contribution < -0.4 is 10.6 Å². The van der Waals surface area contributed by atoms with Crippen molar-refractivity contribution in [1.29, 1.82) is 0 Å². The summed E-state index contributed by atoms with van der Waals surface area (Å²) in [5, 5.41) is 30.1. The van der Waals surface area contributed by atoms with Gasteiger partial charge >= 0.3 is 12.2 Å². The Bertz CT molecular complexity index is 2170. The van der Waals surface area contributed by atoms with Crippen molar-refractivity contribution >= 4 is 68.8 Å². The van der Waals surface area contributed by atoms with E-state index in [1.807, 2.05) is 103 Å². The minimum atomic E-state index is -1.16. The number of rotatable bonds is 6. The molecule has 0 saturated carbocycles. The van der Waals surface area contributed by atoms with E-state index < -0.39 is 12.2 Å². The lowest BCUT2D eigenvalue weighted by atomic mass is 10.0. The van der Waals surface area contributed by atoms with Crippen molar-refractivity contribution in [3.05, 3.63) is 131 Å². The van der Waals surface area contributed by atoms with E-state index in [4.69, 9.17) is 33.0 Å². The first-order valence-corrected chi connectivity index (χ1v) is 15.0. The third kappa shape index (κ3) is 7.36. The van der Waals surface area contributed by atoms with Crippen LogP contribution in [-0.2, 0) is 11.3 Å². The summed E-state index contributed by atoms with van der Waals surface area (Å²) in [6.45, 7) is 0.191. The van der Waals surface area contributed by atoms with Crippen molar-refractivity contribution in [3.63, 3.8) is 0 Å². The van der Waals surface area contributed by atoms with E-state index in [2.05, 4.69) is 31.0 Å². The largest absolute Gasteiger partial charge is 0.465 e. The summed E-state index contributed by atoms with van der Waals surface area (Å²) in [7, 11) is 0. The van der Waals surface area contributed by atoms with Crippen LogP contribution in [0.1, 0.15) is 5.56 Å². The molecule has 0 saturated heterocycles. The molecule has 5 aromatic carbocycles. The zero-order chi connectivity index (χ0) is 32.8. The van der Waals surface area contributed by atoms with Gasteiger partial charge in [-0.15, -0.1) is 0 Å². The summed E-state index contributed by atoms with van der Waals surface area (Å²) in [4.78, 5) is 22.9. The molecule has 47 heavy (non-hydrogen) atoms. The van der Waals surface area contributed by atoms with E-state index >= 15 is 0 Å². The first kappa shape index (κ1) is 31.2. The van der Waals surface area contributed by atoms with Gasteiger partial charge in [0.15, 0.2) is 11.6 Å². The number of amides is 2. The lowest BCUT2D eigenvalue weighted by molar-refractivity contribution is 0.155. The highest BCUT2D eigenvalue weighted by molar-refractivity contribution is 6.34. The summed E-state index contributed by atoms with van der Waals surface area (Å²) in [6, 6.07) is 36.2. The van der Waals surface area contributed by atoms with E-state index in [1.54, 1.807) is 12.1 Å². The number of fused-ring (bicyclic) bond motifs is 2. The number of carbonyl (C=O) groups is 2. The van der Waals surface area contributed by atoms with Crippen LogP contribution in [0, 0.1) is 0 Å². The number of carbonyl (C=O) groups excluding carboxylic acids is 1. The van der Waals surface area contributed by atoms with Crippen LogP contribution >= 0.6 is 23.2 Å². The number of anilines is 2. The highest BCUT2D eigenvalue weighted by atomic mass is 35.5. The molecule has 0 aliphatic heterocycles. The van der Waals surface area contributed by atoms with Crippen LogP contribution in [0.2, 0.25) is 10.0 Å². The molecular weight excluding hydrogens is 639 g/mol. The normalized spacial score (nSPS) is 10.7. The molecule has 0 bridgehead atoms. The lowest BCUT2D eigenvalue weighted by Crippen LogP contribution is -2.14. The predicted octanol–water partition coefficient (Wildman–Crippen LogP) is 9.61. The number of nitrogens with one attached hydrogen (secondary N) is 4. The number of ether oxygens (including phenoxy) is 1. The number of hydrogen-bond acceptors (Lipinski definition) is 5. The second-order valence-corrected chi connectivity index (χ2v) is 11.1. The van der Waals surface area contributed by atoms with Crippen LogP contribution in [-0.4, -0.2) is 37.7 Å². The topological polar surface area (TPSA) is 145 Å². The number of benzene rings is 5. The molecule has 234 valence electrons. The molecule has 5 N–H and O–H groups in total. The minimum absolute atomic E-state index is 0.191. The Morgan fingerprint density at radius 3 is 1.57 bits per heavy atom. The van der Waals surface area contributed by atoms with Crippen molar-refractivity contribution in [2.24, 2.45) is 0 Å². The molecule has 2 amide bonds. The average Bonchev–Trinajstić information content (AvgIpc) is 3.66. The van der Waals surface area contributed by atoms with Crippen LogP contribution in [0.3, 0.4) is 0 Å². The van der Waals surface area contributed by atoms with E-state index in [-0.39, 0.29) is 12.4 Å². The third-order valence-corrected chi connectivity index (χ3v) is 7.75. The average molecular weight is 666 g/mol. The number of aromatic amines is 2. The second kappa shape index (κ2) is 14.1. The van der Waals surface area contributed by atoms with Gasteiger partial charge in [-0.05, 0) is 41.0 Å². The summed E-state index contributed by atoms with van der Waals surface area (Å²) < 4.78 is 5.26. The van der Waals surface area contributed by atoms with Gasteiger partial charge in [0.1, 0.15) is 6.61 Å². The third-order valence-electron chi connectivity index (χ3n) is 7.13. The van der Waals surface area contributed by atoms with Crippen molar-refractivity contribution < 1.29 is 19.4 Å².